The highest BCUT2D eigenvalue weighted by atomic mass is 32.2. The molecule has 1 N–H and O–H groups in total. The molecular formula is C22H36N4O4S. The largest absolute Gasteiger partial charge is 0.379 e. The van der Waals surface area contributed by atoms with Crippen LogP contribution in [0.2, 0.25) is 0 Å². The Balaban J connectivity index is 1.77. The maximum Gasteiger partial charge on any atom is 0.243 e. The monoisotopic (exact) mass is 452 g/mol. The van der Waals surface area contributed by atoms with Gasteiger partial charge in [0.05, 0.1) is 24.7 Å². The van der Waals surface area contributed by atoms with Gasteiger partial charge >= 0.3 is 0 Å². The second kappa shape index (κ2) is 10.9. The lowest BCUT2D eigenvalue weighted by Gasteiger charge is -2.31. The molecule has 8 nitrogen and oxygen atoms in total. The summed E-state index contributed by atoms with van der Waals surface area (Å²) >= 11 is 0. The van der Waals surface area contributed by atoms with Gasteiger partial charge in [0, 0.05) is 45.8 Å². The first-order valence-corrected chi connectivity index (χ1v) is 12.6. The molecule has 0 saturated carbocycles. The predicted molar refractivity (Wildman–Crippen MR) is 121 cm³/mol. The summed E-state index contributed by atoms with van der Waals surface area (Å²) in [6.45, 7) is 12.6. The molecule has 2 aliphatic heterocycles. The Morgan fingerprint density at radius 3 is 2.35 bits per heavy atom. The molecule has 1 aromatic rings. The number of morpholine rings is 1. The maximum absolute atomic E-state index is 13.6. The molecule has 31 heavy (non-hydrogen) atoms. The number of ether oxygens (including phenoxy) is 1. The summed E-state index contributed by atoms with van der Waals surface area (Å²) in [6.07, 6.45) is 0.679. The average Bonchev–Trinajstić information content (AvgIpc) is 2.76. The van der Waals surface area contributed by atoms with E-state index in [-0.39, 0.29) is 12.5 Å². The van der Waals surface area contributed by atoms with Crippen molar-refractivity contribution < 1.29 is 17.9 Å². The van der Waals surface area contributed by atoms with Crippen LogP contribution in [0.3, 0.4) is 0 Å². The van der Waals surface area contributed by atoms with Gasteiger partial charge in [-0.3, -0.25) is 9.69 Å². The van der Waals surface area contributed by atoms with Crippen LogP contribution in [0.1, 0.15) is 23.1 Å². The van der Waals surface area contributed by atoms with Crippen molar-refractivity contribution in [3.8, 4) is 0 Å². The quantitative estimate of drug-likeness (QED) is 0.627. The fraction of sp³-hybridized carbons (Fsp3) is 0.682. The van der Waals surface area contributed by atoms with Crippen molar-refractivity contribution in [1.82, 2.24) is 19.4 Å². The first-order valence-electron chi connectivity index (χ1n) is 11.2. The van der Waals surface area contributed by atoms with E-state index in [1.807, 2.05) is 26.8 Å². The van der Waals surface area contributed by atoms with Crippen LogP contribution in [0, 0.1) is 20.8 Å². The molecule has 0 bridgehead atoms. The van der Waals surface area contributed by atoms with Gasteiger partial charge in [-0.15, -0.1) is 0 Å². The highest BCUT2D eigenvalue weighted by Crippen LogP contribution is 2.24. The van der Waals surface area contributed by atoms with E-state index in [0.29, 0.717) is 44.2 Å². The van der Waals surface area contributed by atoms with E-state index in [1.54, 1.807) is 11.0 Å². The molecule has 0 spiro atoms. The van der Waals surface area contributed by atoms with E-state index in [4.69, 9.17) is 4.74 Å². The Morgan fingerprint density at radius 1 is 1.03 bits per heavy atom. The number of sulfonamides is 1. The summed E-state index contributed by atoms with van der Waals surface area (Å²) in [5.74, 6) is -0.127. The fourth-order valence-corrected chi connectivity index (χ4v) is 5.82. The number of hydrogen-bond acceptors (Lipinski definition) is 6. The summed E-state index contributed by atoms with van der Waals surface area (Å²) in [5, 5.41) is 3.23. The van der Waals surface area contributed by atoms with Crippen LogP contribution in [0.4, 0.5) is 0 Å². The van der Waals surface area contributed by atoms with Crippen molar-refractivity contribution in [1.29, 1.82) is 0 Å². The number of benzene rings is 1. The lowest BCUT2D eigenvalue weighted by Crippen LogP contribution is -2.50. The Bertz CT molecular complexity index is 863. The van der Waals surface area contributed by atoms with Crippen LogP contribution in [-0.2, 0) is 19.6 Å². The van der Waals surface area contributed by atoms with Gasteiger partial charge < -0.3 is 15.0 Å². The molecule has 2 saturated heterocycles. The number of piperazine rings is 1. The summed E-state index contributed by atoms with van der Waals surface area (Å²) < 4.78 is 34.0. The second-order valence-corrected chi connectivity index (χ2v) is 10.4. The summed E-state index contributed by atoms with van der Waals surface area (Å²) in [7, 11) is -3.78. The molecule has 0 atom stereocenters. The van der Waals surface area contributed by atoms with Gasteiger partial charge in [0.1, 0.15) is 0 Å². The van der Waals surface area contributed by atoms with E-state index in [9.17, 15) is 13.2 Å². The van der Waals surface area contributed by atoms with Crippen molar-refractivity contribution in [3.63, 3.8) is 0 Å². The molecule has 9 heteroatoms. The van der Waals surface area contributed by atoms with Gasteiger partial charge in [0.25, 0.3) is 0 Å². The molecule has 0 aromatic heterocycles. The number of aryl methyl sites for hydroxylation is 3. The Hall–Kier alpha value is -1.52. The van der Waals surface area contributed by atoms with Gasteiger partial charge in [-0.25, -0.2) is 8.42 Å². The number of nitrogens with one attached hydrogen (secondary N) is 1. The first kappa shape index (κ1) is 24.1. The lowest BCUT2D eigenvalue weighted by molar-refractivity contribution is -0.132. The van der Waals surface area contributed by atoms with Crippen LogP contribution < -0.4 is 5.32 Å². The van der Waals surface area contributed by atoms with E-state index >= 15 is 0 Å². The fourth-order valence-electron chi connectivity index (χ4n) is 4.10. The molecule has 0 radical (unpaired) electrons. The molecular weight excluding hydrogens is 416 g/mol. The van der Waals surface area contributed by atoms with Crippen LogP contribution in [0.25, 0.3) is 0 Å². The number of nitrogens with zero attached hydrogens (tertiary/aromatic N) is 3. The molecule has 0 aliphatic carbocycles. The Morgan fingerprint density at radius 2 is 1.68 bits per heavy atom. The third-order valence-corrected chi connectivity index (χ3v) is 8.16. The van der Waals surface area contributed by atoms with Crippen molar-refractivity contribution >= 4 is 15.9 Å². The minimum absolute atomic E-state index is 0.113. The zero-order valence-electron chi connectivity index (χ0n) is 19.0. The van der Waals surface area contributed by atoms with Gasteiger partial charge in [0.15, 0.2) is 0 Å². The molecule has 1 amide bonds. The normalized spacial score (nSPS) is 18.5. The van der Waals surface area contributed by atoms with Crippen LogP contribution in [0.5, 0.6) is 0 Å². The zero-order valence-corrected chi connectivity index (χ0v) is 19.8. The van der Waals surface area contributed by atoms with E-state index in [2.05, 4.69) is 10.2 Å². The number of carbonyl (C=O) groups excluding carboxylic acids is 1. The van der Waals surface area contributed by atoms with E-state index in [1.165, 1.54) is 4.31 Å². The van der Waals surface area contributed by atoms with Crippen molar-refractivity contribution in [2.45, 2.75) is 32.1 Å². The van der Waals surface area contributed by atoms with Gasteiger partial charge in [0.2, 0.25) is 15.9 Å². The molecule has 2 fully saturated rings. The lowest BCUT2D eigenvalue weighted by atomic mass is 10.1. The number of amides is 1. The molecule has 2 heterocycles. The zero-order chi connectivity index (χ0) is 22.4. The van der Waals surface area contributed by atoms with Gasteiger partial charge in [-0.2, -0.15) is 4.31 Å². The number of carbonyl (C=O) groups is 1. The SMILES string of the molecule is Cc1cc(C)c(S(=O)(=O)N(CCCN2CCOCC2)CC(=O)N2CCNCC2)cc1C. The van der Waals surface area contributed by atoms with Crippen molar-refractivity contribution in [3.05, 3.63) is 28.8 Å². The Kier molecular flexibility index (Phi) is 8.46. The minimum atomic E-state index is -3.78. The summed E-state index contributed by atoms with van der Waals surface area (Å²) in [4.78, 5) is 17.3. The highest BCUT2D eigenvalue weighted by molar-refractivity contribution is 7.89. The number of rotatable bonds is 8. The molecule has 3 rings (SSSR count). The molecule has 2 aliphatic rings. The van der Waals surface area contributed by atoms with E-state index in [0.717, 1.165) is 49.4 Å². The average molecular weight is 453 g/mol. The first-order chi connectivity index (χ1) is 14.8. The van der Waals surface area contributed by atoms with Crippen LogP contribution in [-0.4, -0.2) is 101 Å². The third kappa shape index (κ3) is 6.26. The van der Waals surface area contributed by atoms with Crippen molar-refractivity contribution in [2.75, 3.05) is 72.1 Å². The second-order valence-electron chi connectivity index (χ2n) is 8.48. The smallest absolute Gasteiger partial charge is 0.243 e. The van der Waals surface area contributed by atoms with Crippen molar-refractivity contribution in [2.24, 2.45) is 0 Å². The molecule has 0 unspecified atom stereocenters. The minimum Gasteiger partial charge on any atom is -0.379 e. The van der Waals surface area contributed by atoms with Gasteiger partial charge in [-0.1, -0.05) is 6.07 Å². The number of hydrogen-bond donors (Lipinski definition) is 1. The van der Waals surface area contributed by atoms with Crippen LogP contribution >= 0.6 is 0 Å². The standard InChI is InChI=1S/C22H36N4O4S/c1-18-15-20(3)21(16-19(18)2)31(28,29)26(8-4-7-24-11-13-30-14-12-24)17-22(27)25-9-5-23-6-10-25/h15-16,23H,4-14,17H2,1-3H3. The maximum atomic E-state index is 13.6. The van der Waals surface area contributed by atoms with Crippen LogP contribution in [0.15, 0.2) is 17.0 Å². The van der Waals surface area contributed by atoms with E-state index < -0.39 is 10.0 Å². The molecule has 174 valence electrons. The summed E-state index contributed by atoms with van der Waals surface area (Å²) in [6, 6.07) is 3.65. The predicted octanol–water partition coefficient (Wildman–Crippen LogP) is 0.757. The summed E-state index contributed by atoms with van der Waals surface area (Å²) in [5.41, 5.74) is 2.72. The third-order valence-electron chi connectivity index (χ3n) is 6.18. The van der Waals surface area contributed by atoms with Gasteiger partial charge in [-0.05, 0) is 56.5 Å². The molecule has 1 aromatic carbocycles. The topological polar surface area (TPSA) is 82.2 Å². The Labute approximate surface area is 186 Å². The highest BCUT2D eigenvalue weighted by Gasteiger charge is 2.30.